The van der Waals surface area contributed by atoms with Gasteiger partial charge in [0.15, 0.2) is 0 Å². The highest BCUT2D eigenvalue weighted by Crippen LogP contribution is 2.51. The number of benzene rings is 1. The molecule has 3 heteroatoms. The van der Waals surface area contributed by atoms with Crippen LogP contribution in [-0.2, 0) is 10.3 Å². The minimum Gasteiger partial charge on any atom is -0.300 e. The Hall–Kier alpha value is -0.860. The second-order valence-electron chi connectivity index (χ2n) is 5.06. The molecule has 1 aliphatic heterocycles. The molecule has 17 heavy (non-hydrogen) atoms. The Labute approximate surface area is 107 Å². The normalized spacial score (nSPS) is 23.7. The Morgan fingerprint density at radius 3 is 2.18 bits per heavy atom. The number of carbonyl (C=O) groups is 1. The molecule has 0 atom stereocenters. The maximum absolute atomic E-state index is 11.3. The summed E-state index contributed by atoms with van der Waals surface area (Å²) in [6.07, 6.45) is 3.86. The van der Waals surface area contributed by atoms with Crippen LogP contribution in [0.1, 0.15) is 31.2 Å². The molecule has 2 fully saturated rings. The number of piperidine rings is 1. The molecule has 1 aromatic carbocycles. The zero-order chi connectivity index (χ0) is 11.9. The number of halogens is 1. The third kappa shape index (κ3) is 2.00. The van der Waals surface area contributed by atoms with Crippen LogP contribution in [0.2, 0.25) is 5.02 Å². The number of nitrogens with zero attached hydrogens (tertiary/aromatic N) is 1. The first-order chi connectivity index (χ1) is 8.21. The Kier molecular flexibility index (Phi) is 2.72. The smallest absolute Gasteiger partial charge is 0.135 e. The average Bonchev–Trinajstić information content (AvgIpc) is 3.12. The van der Waals surface area contributed by atoms with Crippen LogP contribution >= 0.6 is 11.6 Å². The lowest BCUT2D eigenvalue weighted by Gasteiger charge is -2.34. The molecule has 1 heterocycles. The fourth-order valence-corrected chi connectivity index (χ4v) is 2.98. The third-order valence-corrected chi connectivity index (χ3v) is 4.28. The molecule has 90 valence electrons. The van der Waals surface area contributed by atoms with E-state index in [-0.39, 0.29) is 5.54 Å². The van der Waals surface area contributed by atoms with E-state index < -0.39 is 0 Å². The number of likely N-dealkylation sites (tertiary alicyclic amines) is 1. The molecule has 3 rings (SSSR count). The molecule has 0 amide bonds. The SMILES string of the molecule is O=C1CCN(C2(c3ccc(Cl)cc3)CC2)CC1. The largest absolute Gasteiger partial charge is 0.300 e. The molecule has 0 radical (unpaired) electrons. The molecule has 1 saturated heterocycles. The zero-order valence-electron chi connectivity index (χ0n) is 9.79. The molecule has 0 aromatic heterocycles. The van der Waals surface area contributed by atoms with Crippen LogP contribution in [0.25, 0.3) is 0 Å². The standard InChI is InChI=1S/C14H16ClNO/c15-12-3-1-11(2-4-12)14(7-8-14)16-9-5-13(17)6-10-16/h1-4H,5-10H2. The third-order valence-electron chi connectivity index (χ3n) is 4.03. The van der Waals surface area contributed by atoms with Crippen LogP contribution in [0.5, 0.6) is 0 Å². The molecule has 0 bridgehead atoms. The highest BCUT2D eigenvalue weighted by atomic mass is 35.5. The topological polar surface area (TPSA) is 20.3 Å². The lowest BCUT2D eigenvalue weighted by Crippen LogP contribution is -2.41. The van der Waals surface area contributed by atoms with Gasteiger partial charge in [0, 0.05) is 36.5 Å². The van der Waals surface area contributed by atoms with Gasteiger partial charge < -0.3 is 0 Å². The van der Waals surface area contributed by atoms with E-state index in [9.17, 15) is 4.79 Å². The summed E-state index contributed by atoms with van der Waals surface area (Å²) >= 11 is 5.93. The van der Waals surface area contributed by atoms with Gasteiger partial charge in [-0.3, -0.25) is 9.69 Å². The predicted octanol–water partition coefficient (Wildman–Crippen LogP) is 2.99. The van der Waals surface area contributed by atoms with Gasteiger partial charge in [-0.1, -0.05) is 23.7 Å². The molecule has 0 spiro atoms. The van der Waals surface area contributed by atoms with Crippen LogP contribution in [0, 0.1) is 0 Å². The van der Waals surface area contributed by atoms with Gasteiger partial charge in [-0.05, 0) is 30.5 Å². The summed E-state index contributed by atoms with van der Waals surface area (Å²) < 4.78 is 0. The van der Waals surface area contributed by atoms with Gasteiger partial charge in [0.05, 0.1) is 0 Å². The van der Waals surface area contributed by atoms with Crippen LogP contribution in [0.15, 0.2) is 24.3 Å². The Morgan fingerprint density at radius 1 is 1.06 bits per heavy atom. The van der Waals surface area contributed by atoms with E-state index in [4.69, 9.17) is 11.6 Å². The minimum absolute atomic E-state index is 0.214. The van der Waals surface area contributed by atoms with Crippen LogP contribution < -0.4 is 0 Å². The number of hydrogen-bond donors (Lipinski definition) is 0. The van der Waals surface area contributed by atoms with Crippen LogP contribution in [0.3, 0.4) is 0 Å². The van der Waals surface area contributed by atoms with Crippen molar-refractivity contribution < 1.29 is 4.79 Å². The van der Waals surface area contributed by atoms with E-state index in [0.29, 0.717) is 5.78 Å². The van der Waals surface area contributed by atoms with Crippen molar-refractivity contribution >= 4 is 17.4 Å². The van der Waals surface area contributed by atoms with Gasteiger partial charge in [0.2, 0.25) is 0 Å². The number of carbonyl (C=O) groups excluding carboxylic acids is 1. The number of ketones is 1. The molecule has 1 saturated carbocycles. The van der Waals surface area contributed by atoms with Crippen LogP contribution in [-0.4, -0.2) is 23.8 Å². The van der Waals surface area contributed by atoms with E-state index in [1.165, 1.54) is 18.4 Å². The van der Waals surface area contributed by atoms with E-state index in [0.717, 1.165) is 31.0 Å². The van der Waals surface area contributed by atoms with Gasteiger partial charge in [-0.15, -0.1) is 0 Å². The van der Waals surface area contributed by atoms with Crippen molar-refractivity contribution in [3.8, 4) is 0 Å². The van der Waals surface area contributed by atoms with Gasteiger partial charge in [-0.25, -0.2) is 0 Å². The summed E-state index contributed by atoms with van der Waals surface area (Å²) in [5.41, 5.74) is 1.57. The zero-order valence-corrected chi connectivity index (χ0v) is 10.5. The fraction of sp³-hybridized carbons (Fsp3) is 0.500. The molecule has 2 aliphatic rings. The van der Waals surface area contributed by atoms with Gasteiger partial charge in [0.1, 0.15) is 5.78 Å². The molecule has 1 aromatic rings. The Balaban J connectivity index is 1.81. The van der Waals surface area contributed by atoms with Gasteiger partial charge >= 0.3 is 0 Å². The second-order valence-corrected chi connectivity index (χ2v) is 5.50. The molecular formula is C14H16ClNO. The second kappa shape index (κ2) is 4.11. The quantitative estimate of drug-likeness (QED) is 0.803. The fourth-order valence-electron chi connectivity index (χ4n) is 2.85. The number of Topliss-reactive ketones (excluding diaryl/α,β-unsaturated/α-hetero) is 1. The maximum Gasteiger partial charge on any atom is 0.135 e. The van der Waals surface area contributed by atoms with Crippen molar-refractivity contribution in [1.29, 1.82) is 0 Å². The summed E-state index contributed by atoms with van der Waals surface area (Å²) in [6, 6.07) is 8.19. The summed E-state index contributed by atoms with van der Waals surface area (Å²) in [5, 5.41) is 0.790. The minimum atomic E-state index is 0.214. The van der Waals surface area contributed by atoms with Crippen molar-refractivity contribution in [2.75, 3.05) is 13.1 Å². The molecule has 0 unspecified atom stereocenters. The highest BCUT2D eigenvalue weighted by Gasteiger charge is 2.49. The van der Waals surface area contributed by atoms with E-state index >= 15 is 0 Å². The van der Waals surface area contributed by atoms with Gasteiger partial charge in [0.25, 0.3) is 0 Å². The van der Waals surface area contributed by atoms with E-state index in [1.807, 2.05) is 12.1 Å². The molecular weight excluding hydrogens is 234 g/mol. The summed E-state index contributed by atoms with van der Waals surface area (Å²) in [5.74, 6) is 0.410. The summed E-state index contributed by atoms with van der Waals surface area (Å²) in [7, 11) is 0. The van der Waals surface area contributed by atoms with Crippen molar-refractivity contribution in [3.63, 3.8) is 0 Å². The Bertz CT molecular complexity index is 426. The summed E-state index contributed by atoms with van der Waals surface area (Å²) in [6.45, 7) is 1.84. The number of rotatable bonds is 2. The van der Waals surface area contributed by atoms with Crippen molar-refractivity contribution in [3.05, 3.63) is 34.9 Å². The monoisotopic (exact) mass is 249 g/mol. The molecule has 0 N–H and O–H groups in total. The first-order valence-corrected chi connectivity index (χ1v) is 6.61. The predicted molar refractivity (Wildman–Crippen MR) is 68.2 cm³/mol. The lowest BCUT2D eigenvalue weighted by molar-refractivity contribution is -0.122. The molecule has 1 aliphatic carbocycles. The van der Waals surface area contributed by atoms with E-state index in [1.54, 1.807) is 0 Å². The highest BCUT2D eigenvalue weighted by molar-refractivity contribution is 6.30. The van der Waals surface area contributed by atoms with Crippen molar-refractivity contribution in [2.45, 2.75) is 31.2 Å². The van der Waals surface area contributed by atoms with Crippen molar-refractivity contribution in [1.82, 2.24) is 4.90 Å². The maximum atomic E-state index is 11.3. The van der Waals surface area contributed by atoms with Crippen molar-refractivity contribution in [2.24, 2.45) is 0 Å². The van der Waals surface area contributed by atoms with Crippen LogP contribution in [0.4, 0.5) is 0 Å². The first-order valence-electron chi connectivity index (χ1n) is 6.23. The Morgan fingerprint density at radius 2 is 1.65 bits per heavy atom. The van der Waals surface area contributed by atoms with Gasteiger partial charge in [-0.2, -0.15) is 0 Å². The first kappa shape index (κ1) is 11.2. The number of hydrogen-bond acceptors (Lipinski definition) is 2. The summed E-state index contributed by atoms with van der Waals surface area (Å²) in [4.78, 5) is 13.8. The lowest BCUT2D eigenvalue weighted by atomic mass is 9.99. The average molecular weight is 250 g/mol. The van der Waals surface area contributed by atoms with E-state index in [2.05, 4.69) is 17.0 Å². The molecule has 2 nitrogen and oxygen atoms in total.